The Hall–Kier alpha value is -1.40. The second-order valence-corrected chi connectivity index (χ2v) is 6.61. The molecule has 0 radical (unpaired) electrons. The van der Waals surface area contributed by atoms with Crippen LogP contribution in [-0.4, -0.2) is 40.0 Å². The van der Waals surface area contributed by atoms with Crippen LogP contribution in [0.3, 0.4) is 0 Å². The minimum Gasteiger partial charge on any atom is -0.365 e. The first-order chi connectivity index (χ1) is 10.3. The maximum absolute atomic E-state index is 5.63. The quantitative estimate of drug-likeness (QED) is 0.577. The zero-order chi connectivity index (χ0) is 14.4. The van der Waals surface area contributed by atoms with Gasteiger partial charge in [0.2, 0.25) is 0 Å². The number of nitrogens with two attached hydrogens (primary N) is 1. The zero-order valence-electron chi connectivity index (χ0n) is 12.6. The highest BCUT2D eigenvalue weighted by Crippen LogP contribution is 2.40. The van der Waals surface area contributed by atoms with Gasteiger partial charge in [0.25, 0.3) is 0 Å². The molecule has 2 aliphatic heterocycles. The largest absolute Gasteiger partial charge is 0.365 e. The summed E-state index contributed by atoms with van der Waals surface area (Å²) in [4.78, 5) is 12.0. The van der Waals surface area contributed by atoms with E-state index in [9.17, 15) is 0 Å². The molecule has 4 rings (SSSR count). The van der Waals surface area contributed by atoms with Crippen molar-refractivity contribution in [3.8, 4) is 0 Å². The molecule has 0 amide bonds. The van der Waals surface area contributed by atoms with Gasteiger partial charge in [0.05, 0.1) is 0 Å². The molecular formula is C15H24N6. The summed E-state index contributed by atoms with van der Waals surface area (Å²) in [5, 5.41) is 3.69. The molecule has 6 nitrogen and oxygen atoms in total. The molecule has 1 aromatic rings. The molecule has 1 aliphatic carbocycles. The van der Waals surface area contributed by atoms with Gasteiger partial charge in [-0.2, -0.15) is 0 Å². The third-order valence-electron chi connectivity index (χ3n) is 5.17. The van der Waals surface area contributed by atoms with Crippen LogP contribution < -0.4 is 16.6 Å². The third-order valence-corrected chi connectivity index (χ3v) is 5.17. The highest BCUT2D eigenvalue weighted by molar-refractivity contribution is 5.57. The number of nitrogens with zero attached hydrogens (tertiary/aromatic N) is 3. The van der Waals surface area contributed by atoms with Crippen LogP contribution in [0.25, 0.3) is 0 Å². The first kappa shape index (κ1) is 13.3. The van der Waals surface area contributed by atoms with E-state index in [2.05, 4.69) is 20.6 Å². The van der Waals surface area contributed by atoms with E-state index in [1.165, 1.54) is 45.2 Å². The van der Waals surface area contributed by atoms with E-state index in [4.69, 9.17) is 10.8 Å². The van der Waals surface area contributed by atoms with Gasteiger partial charge >= 0.3 is 0 Å². The number of nitrogens with one attached hydrogen (secondary N) is 2. The highest BCUT2D eigenvalue weighted by Gasteiger charge is 2.37. The fraction of sp³-hybridized carbons (Fsp3) is 0.733. The lowest BCUT2D eigenvalue weighted by atomic mass is 10.1. The number of aromatic nitrogens is 2. The van der Waals surface area contributed by atoms with Crippen LogP contribution >= 0.6 is 0 Å². The van der Waals surface area contributed by atoms with Crippen molar-refractivity contribution in [1.29, 1.82) is 0 Å². The smallest absolute Gasteiger partial charge is 0.148 e. The van der Waals surface area contributed by atoms with E-state index in [-0.39, 0.29) is 0 Å². The summed E-state index contributed by atoms with van der Waals surface area (Å²) in [7, 11) is 0. The molecule has 0 aromatic carbocycles. The van der Waals surface area contributed by atoms with Gasteiger partial charge < -0.3 is 10.7 Å². The van der Waals surface area contributed by atoms with Crippen molar-refractivity contribution in [2.24, 2.45) is 5.84 Å². The van der Waals surface area contributed by atoms with Crippen molar-refractivity contribution in [2.75, 3.05) is 23.8 Å². The average Bonchev–Trinajstić information content (AvgIpc) is 3.11. The first-order valence-corrected chi connectivity index (χ1v) is 8.12. The number of hydrogen-bond donors (Lipinski definition) is 3. The third kappa shape index (κ3) is 2.36. The Bertz CT molecular complexity index is 541. The van der Waals surface area contributed by atoms with Gasteiger partial charge in [-0.15, -0.1) is 0 Å². The number of hydrazine groups is 1. The van der Waals surface area contributed by atoms with E-state index in [1.54, 1.807) is 0 Å². The summed E-state index contributed by atoms with van der Waals surface area (Å²) < 4.78 is 0. The molecule has 0 bridgehead atoms. The summed E-state index contributed by atoms with van der Waals surface area (Å²) in [5.74, 6) is 8.83. The van der Waals surface area contributed by atoms with Gasteiger partial charge in [0.15, 0.2) is 0 Å². The maximum atomic E-state index is 5.63. The van der Waals surface area contributed by atoms with Crippen molar-refractivity contribution < 1.29 is 0 Å². The topological polar surface area (TPSA) is 79.1 Å². The van der Waals surface area contributed by atoms with Crippen LogP contribution in [0.1, 0.15) is 49.4 Å². The zero-order valence-corrected chi connectivity index (χ0v) is 12.6. The summed E-state index contributed by atoms with van der Waals surface area (Å²) in [6, 6.07) is 1.19. The van der Waals surface area contributed by atoms with Gasteiger partial charge in [-0.25, -0.2) is 15.8 Å². The molecule has 2 unspecified atom stereocenters. The maximum Gasteiger partial charge on any atom is 0.148 e. The molecule has 3 aliphatic rings. The Kier molecular flexibility index (Phi) is 3.23. The van der Waals surface area contributed by atoms with Crippen molar-refractivity contribution in [3.05, 3.63) is 11.4 Å². The lowest BCUT2D eigenvalue weighted by molar-refractivity contribution is 0.318. The van der Waals surface area contributed by atoms with Crippen LogP contribution in [0.5, 0.6) is 0 Å². The molecular weight excluding hydrogens is 264 g/mol. The monoisotopic (exact) mass is 288 g/mol. The molecule has 2 saturated heterocycles. The van der Waals surface area contributed by atoms with Gasteiger partial charge in [-0.3, -0.25) is 4.90 Å². The van der Waals surface area contributed by atoms with Crippen LogP contribution in [0.15, 0.2) is 0 Å². The summed E-state index contributed by atoms with van der Waals surface area (Å²) in [6.07, 6.45) is 6.24. The lowest BCUT2D eigenvalue weighted by Gasteiger charge is -2.23. The number of fused-ring (bicyclic) bond motifs is 1. The number of hydrogen-bond acceptors (Lipinski definition) is 6. The molecule has 1 saturated carbocycles. The molecule has 3 heterocycles. The molecule has 1 aromatic heterocycles. The Morgan fingerprint density at radius 1 is 1.10 bits per heavy atom. The van der Waals surface area contributed by atoms with Crippen molar-refractivity contribution in [1.82, 2.24) is 14.9 Å². The minimum atomic E-state index is 0.513. The first-order valence-electron chi connectivity index (χ1n) is 8.12. The summed E-state index contributed by atoms with van der Waals surface area (Å²) >= 11 is 0. The van der Waals surface area contributed by atoms with Crippen molar-refractivity contribution in [2.45, 2.75) is 57.0 Å². The van der Waals surface area contributed by atoms with E-state index in [1.807, 2.05) is 6.92 Å². The Labute approximate surface area is 125 Å². The molecule has 0 spiro atoms. The molecule has 3 fully saturated rings. The van der Waals surface area contributed by atoms with Gasteiger partial charge in [0.1, 0.15) is 17.5 Å². The molecule has 114 valence electrons. The SMILES string of the molecule is Cc1c(NN)nc(C2CC2)nc1NC1CCN2CCCC12. The second-order valence-electron chi connectivity index (χ2n) is 6.61. The average molecular weight is 288 g/mol. The minimum absolute atomic E-state index is 0.513. The number of rotatable bonds is 4. The van der Waals surface area contributed by atoms with E-state index in [0.717, 1.165) is 23.0 Å². The molecule has 21 heavy (non-hydrogen) atoms. The van der Waals surface area contributed by atoms with Crippen molar-refractivity contribution in [3.63, 3.8) is 0 Å². The fourth-order valence-corrected chi connectivity index (χ4v) is 3.77. The van der Waals surface area contributed by atoms with E-state index in [0.29, 0.717) is 18.0 Å². The van der Waals surface area contributed by atoms with Gasteiger partial charge in [0, 0.05) is 30.1 Å². The fourth-order valence-electron chi connectivity index (χ4n) is 3.77. The summed E-state index contributed by atoms with van der Waals surface area (Å²) in [5.41, 5.74) is 3.75. The van der Waals surface area contributed by atoms with Crippen molar-refractivity contribution >= 4 is 11.6 Å². The Morgan fingerprint density at radius 3 is 2.67 bits per heavy atom. The van der Waals surface area contributed by atoms with Crippen LogP contribution in [-0.2, 0) is 0 Å². The Morgan fingerprint density at radius 2 is 1.90 bits per heavy atom. The molecule has 4 N–H and O–H groups in total. The standard InChI is InChI=1S/C15H24N6/c1-9-13(17-11-6-8-21-7-2-3-12(11)21)18-15(10-4-5-10)19-14(9)20-16/h10-12H,2-8,16H2,1H3,(H2,17,18,19,20). The highest BCUT2D eigenvalue weighted by atomic mass is 15.3. The van der Waals surface area contributed by atoms with Crippen LogP contribution in [0, 0.1) is 6.92 Å². The summed E-state index contributed by atoms with van der Waals surface area (Å²) in [6.45, 7) is 4.51. The van der Waals surface area contributed by atoms with E-state index < -0.39 is 0 Å². The van der Waals surface area contributed by atoms with E-state index >= 15 is 0 Å². The predicted octanol–water partition coefficient (Wildman–Crippen LogP) is 1.60. The lowest BCUT2D eigenvalue weighted by Crippen LogP contribution is -2.34. The molecule has 6 heteroatoms. The molecule has 2 atom stereocenters. The second kappa shape index (κ2) is 5.10. The Balaban J connectivity index is 1.60. The normalized spacial score (nSPS) is 28.7. The van der Waals surface area contributed by atoms with Crippen LogP contribution in [0.2, 0.25) is 0 Å². The number of nitrogen functional groups attached to an aromatic ring is 1. The van der Waals surface area contributed by atoms with Crippen LogP contribution in [0.4, 0.5) is 11.6 Å². The van der Waals surface area contributed by atoms with Gasteiger partial charge in [-0.05, 0) is 45.6 Å². The van der Waals surface area contributed by atoms with Gasteiger partial charge in [-0.1, -0.05) is 0 Å². The predicted molar refractivity (Wildman–Crippen MR) is 83.2 cm³/mol. The number of anilines is 2.